The highest BCUT2D eigenvalue weighted by atomic mass is 36.0. The maximum Gasteiger partial charge on any atom is 0.339 e. The summed E-state index contributed by atoms with van der Waals surface area (Å²) < 4.78 is 9.51. The number of fused-ring (bicyclic) bond motifs is 2. The lowest BCUT2D eigenvalue weighted by Crippen LogP contribution is -2.15. The standard InChI is InChI=1S/C8H5ClN2.C8H6N2O.C5H4N2O3.2C5H6N2O.C3H8O3.CH4.Cl3OP/c9-8-7-6(3-5-11-8)2-1-4-10-7;11-8-7-6(3-5-10-8)2-1-4-9-7;8-5-4(7(9)10)2-1-3-6-5;2*6-4-2-1-3-7-5(4)8;4-1-3(6)2-5;;1-5(2,3)4/h1-5H;1-5H,(H,10,11);1-3H,(H,6,8);2*1-3H,6H2,(H,7,8);3-6H,1-2H2;1H4;. The molecule has 60 heavy (non-hydrogen) atoms. The Morgan fingerprint density at radius 1 is 0.650 bits per heavy atom. The third-order valence-corrected chi connectivity index (χ3v) is 6.40. The minimum Gasteiger partial charge on any atom is -0.394 e. The van der Waals surface area contributed by atoms with E-state index in [4.69, 9.17) is 38.4 Å². The highest BCUT2D eigenvalue weighted by Gasteiger charge is 2.08. The fraction of sp³-hybridized carbons (Fsp3) is 0.114. The number of nitrogens with zero attached hydrogens (tertiary/aromatic N) is 4. The number of H-pyrrole nitrogens is 4. The molecule has 322 valence electrons. The zero-order valence-electron chi connectivity index (χ0n) is 30.1. The number of rotatable bonds is 3. The first-order chi connectivity index (χ1) is 27.9. The summed E-state index contributed by atoms with van der Waals surface area (Å²) in [6.07, 6.45) is 10.1. The van der Waals surface area contributed by atoms with Gasteiger partial charge in [0.1, 0.15) is 17.1 Å². The smallest absolute Gasteiger partial charge is 0.339 e. The molecule has 0 aliphatic rings. The van der Waals surface area contributed by atoms with E-state index < -0.39 is 27.5 Å². The van der Waals surface area contributed by atoms with Gasteiger partial charge >= 0.3 is 16.4 Å². The van der Waals surface area contributed by atoms with Crippen LogP contribution in [0.1, 0.15) is 7.43 Å². The number of nitrogens with two attached hydrogens (primary N) is 2. The van der Waals surface area contributed by atoms with E-state index in [1.807, 2.05) is 36.4 Å². The van der Waals surface area contributed by atoms with Gasteiger partial charge in [0.15, 0.2) is 5.15 Å². The Morgan fingerprint density at radius 2 is 1.08 bits per heavy atom. The number of nitrogens with one attached hydrogen (secondary N) is 4. The van der Waals surface area contributed by atoms with Crippen LogP contribution in [0.15, 0.2) is 135 Å². The van der Waals surface area contributed by atoms with Crippen molar-refractivity contribution in [3.63, 3.8) is 0 Å². The van der Waals surface area contributed by atoms with E-state index in [0.717, 1.165) is 22.4 Å². The lowest BCUT2D eigenvalue weighted by molar-refractivity contribution is -0.386. The van der Waals surface area contributed by atoms with Gasteiger partial charge in [-0.1, -0.05) is 31.2 Å². The first kappa shape index (κ1) is 54.0. The van der Waals surface area contributed by atoms with E-state index in [-0.39, 0.29) is 48.7 Å². The number of aliphatic hydroxyl groups is 3. The van der Waals surface area contributed by atoms with Crippen molar-refractivity contribution in [1.82, 2.24) is 34.9 Å². The molecule has 0 amide bonds. The van der Waals surface area contributed by atoms with Gasteiger partial charge in [-0.05, 0) is 88.3 Å². The quantitative estimate of drug-likeness (QED) is 0.0477. The first-order valence-corrected chi connectivity index (χ1v) is 20.7. The van der Waals surface area contributed by atoms with Crippen molar-refractivity contribution in [3.05, 3.63) is 173 Å². The van der Waals surface area contributed by atoms with Crippen LogP contribution in [-0.4, -0.2) is 74.4 Å². The number of aliphatic hydroxyl groups excluding tert-OH is 3. The molecule has 7 aromatic rings. The van der Waals surface area contributed by atoms with Gasteiger partial charge in [-0.2, -0.15) is 0 Å². The third kappa shape index (κ3) is 22.8. The van der Waals surface area contributed by atoms with Gasteiger partial charge in [-0.3, -0.25) is 43.8 Å². The predicted octanol–water partition coefficient (Wildman–Crippen LogP) is 5.18. The van der Waals surface area contributed by atoms with Gasteiger partial charge < -0.3 is 46.7 Å². The number of hydrogen-bond donors (Lipinski definition) is 9. The molecule has 0 fully saturated rings. The van der Waals surface area contributed by atoms with Gasteiger partial charge in [-0.25, -0.2) is 4.98 Å². The second kappa shape index (κ2) is 29.3. The highest BCUT2D eigenvalue weighted by Crippen LogP contribution is 2.61. The number of pyridine rings is 7. The Balaban J connectivity index is 0.000000686. The van der Waals surface area contributed by atoms with Crippen LogP contribution in [0, 0.1) is 10.1 Å². The van der Waals surface area contributed by atoms with Crippen LogP contribution in [-0.2, 0) is 4.57 Å². The number of nitrogen functional groups attached to an aromatic ring is 2. The monoisotopic (exact) mass is 930 g/mol. The van der Waals surface area contributed by atoms with E-state index in [0.29, 0.717) is 10.7 Å². The molecule has 7 heterocycles. The van der Waals surface area contributed by atoms with Crippen molar-refractivity contribution in [1.29, 1.82) is 0 Å². The van der Waals surface area contributed by atoms with E-state index in [9.17, 15) is 33.9 Å². The topological polar surface area (TPSA) is 343 Å². The van der Waals surface area contributed by atoms with Crippen molar-refractivity contribution in [2.24, 2.45) is 0 Å². The Morgan fingerprint density at radius 3 is 1.43 bits per heavy atom. The van der Waals surface area contributed by atoms with Gasteiger partial charge in [0.2, 0.25) is 0 Å². The van der Waals surface area contributed by atoms with Crippen molar-refractivity contribution in [2.45, 2.75) is 13.5 Å². The number of nitro groups is 1. The van der Waals surface area contributed by atoms with E-state index >= 15 is 0 Å². The van der Waals surface area contributed by atoms with Crippen molar-refractivity contribution in [2.75, 3.05) is 24.7 Å². The van der Waals surface area contributed by atoms with E-state index in [2.05, 4.69) is 68.6 Å². The van der Waals surface area contributed by atoms with Gasteiger partial charge in [-0.15, -0.1) is 0 Å². The third-order valence-electron chi connectivity index (χ3n) is 6.12. The van der Waals surface area contributed by atoms with Crippen molar-refractivity contribution in [3.8, 4) is 0 Å². The molecule has 7 rings (SSSR count). The SMILES string of the molecule is C.Clc1nccc2cccnc12.Nc1ccc[nH]c1=O.Nc1ccc[nH]c1=O.O=P(Cl)(Cl)Cl.O=c1[nH]ccc2cccnc12.O=c1[nH]cccc1[N+](=O)[O-].OCC(O)CO. The van der Waals surface area contributed by atoms with Crippen LogP contribution in [0.5, 0.6) is 0 Å². The minimum absolute atomic E-state index is 0. The molecule has 0 spiro atoms. The molecule has 7 aromatic heterocycles. The lowest BCUT2D eigenvalue weighted by atomic mass is 10.3. The fourth-order valence-electron chi connectivity index (χ4n) is 3.47. The molecular formula is C35H39Cl4N10O10P. The number of anilines is 2. The van der Waals surface area contributed by atoms with Gasteiger partial charge in [0, 0.05) is 60.2 Å². The van der Waals surface area contributed by atoms with Crippen molar-refractivity contribution >= 4 is 89.4 Å². The summed E-state index contributed by atoms with van der Waals surface area (Å²) in [6.45, 7) is -0.729. The Bertz CT molecular complexity index is 2550. The first-order valence-electron chi connectivity index (χ1n) is 15.9. The average molecular weight is 933 g/mol. The molecule has 0 saturated heterocycles. The van der Waals surface area contributed by atoms with Crippen molar-refractivity contribution < 1.29 is 24.8 Å². The molecule has 25 heteroatoms. The summed E-state index contributed by atoms with van der Waals surface area (Å²) in [7, 11) is 0. The summed E-state index contributed by atoms with van der Waals surface area (Å²) in [5.41, 5.74) is 10.4. The summed E-state index contributed by atoms with van der Waals surface area (Å²) in [5, 5.41) is 33.2. The summed E-state index contributed by atoms with van der Waals surface area (Å²) >= 11 is 19.6. The minimum atomic E-state index is -3.22. The summed E-state index contributed by atoms with van der Waals surface area (Å²) in [4.78, 5) is 73.3. The second-order valence-corrected chi connectivity index (χ2v) is 17.4. The predicted molar refractivity (Wildman–Crippen MR) is 236 cm³/mol. The van der Waals surface area contributed by atoms with Crippen LogP contribution in [0.4, 0.5) is 17.1 Å². The zero-order chi connectivity index (χ0) is 44.4. The fourth-order valence-corrected chi connectivity index (χ4v) is 3.68. The number of aromatic amines is 4. The van der Waals surface area contributed by atoms with Crippen LogP contribution < -0.4 is 33.7 Å². The molecule has 20 nitrogen and oxygen atoms in total. The average Bonchev–Trinajstić information content (AvgIpc) is 3.21. The van der Waals surface area contributed by atoms with Gasteiger partial charge in [0.05, 0.1) is 29.5 Å². The van der Waals surface area contributed by atoms with E-state index in [1.54, 1.807) is 61.4 Å². The molecule has 0 atom stereocenters. The Hall–Kier alpha value is -5.96. The molecule has 0 bridgehead atoms. The number of halogens is 4. The largest absolute Gasteiger partial charge is 0.394 e. The van der Waals surface area contributed by atoms with Crippen LogP contribution >= 0.6 is 50.5 Å². The molecule has 0 saturated carbocycles. The van der Waals surface area contributed by atoms with Gasteiger partial charge in [0.25, 0.3) is 16.7 Å². The normalized spacial score (nSPS) is 9.67. The molecule has 0 radical (unpaired) electrons. The number of hydrogen-bond acceptors (Lipinski definition) is 15. The summed E-state index contributed by atoms with van der Waals surface area (Å²) in [5.74, 6) is 0. The Labute approximate surface area is 358 Å². The maximum absolute atomic E-state index is 11.1. The summed E-state index contributed by atoms with van der Waals surface area (Å²) in [6, 6.07) is 20.2. The van der Waals surface area contributed by atoms with Crippen LogP contribution in [0.3, 0.4) is 0 Å². The zero-order valence-corrected chi connectivity index (χ0v) is 34.0. The van der Waals surface area contributed by atoms with Crippen LogP contribution in [0.2, 0.25) is 5.15 Å². The molecule has 0 unspecified atom stereocenters. The van der Waals surface area contributed by atoms with E-state index in [1.165, 1.54) is 12.3 Å². The molecule has 0 aliphatic heterocycles. The lowest BCUT2D eigenvalue weighted by Gasteiger charge is -1.96. The van der Waals surface area contributed by atoms with Crippen LogP contribution in [0.25, 0.3) is 21.8 Å². The Kier molecular flexibility index (Phi) is 26.4. The highest BCUT2D eigenvalue weighted by molar-refractivity contribution is 8.24. The molecular weight excluding hydrogens is 893 g/mol. The maximum atomic E-state index is 11.1. The molecule has 0 aliphatic carbocycles. The molecule has 11 N–H and O–H groups in total. The molecule has 0 aromatic carbocycles. The second-order valence-electron chi connectivity index (χ2n) is 10.4. The number of aromatic nitrogens is 7.